The Morgan fingerprint density at radius 3 is 2.15 bits per heavy atom. The van der Waals surface area contributed by atoms with Crippen molar-refractivity contribution in [3.8, 4) is 0 Å². The van der Waals surface area contributed by atoms with Crippen LogP contribution in [0, 0.1) is 11.8 Å². The van der Waals surface area contributed by atoms with Crippen molar-refractivity contribution in [2.24, 2.45) is 17.6 Å². The van der Waals surface area contributed by atoms with Crippen molar-refractivity contribution >= 4 is 5.97 Å². The van der Waals surface area contributed by atoms with Crippen LogP contribution in [0.15, 0.2) is 0 Å². The van der Waals surface area contributed by atoms with E-state index in [0.717, 1.165) is 19.3 Å². The van der Waals surface area contributed by atoms with E-state index in [9.17, 15) is 4.79 Å². The average Bonchev–Trinajstić information content (AvgIpc) is 2.12. The summed E-state index contributed by atoms with van der Waals surface area (Å²) in [6, 6.07) is -0.708. The second kappa shape index (κ2) is 5.97. The van der Waals surface area contributed by atoms with Crippen molar-refractivity contribution in [3.63, 3.8) is 0 Å². The smallest absolute Gasteiger partial charge is 0.320 e. The number of carboxylic acids is 1. The largest absolute Gasteiger partial charge is 0.480 e. The molecule has 3 heteroatoms. The number of carboxylic acid groups (broad SMARTS) is 1. The first-order valence-corrected chi connectivity index (χ1v) is 5.01. The van der Waals surface area contributed by atoms with Crippen molar-refractivity contribution in [2.75, 3.05) is 0 Å². The third kappa shape index (κ3) is 4.27. The van der Waals surface area contributed by atoms with Crippen molar-refractivity contribution in [3.05, 3.63) is 0 Å². The highest BCUT2D eigenvalue weighted by Gasteiger charge is 2.21. The van der Waals surface area contributed by atoms with E-state index in [2.05, 4.69) is 13.8 Å². The molecule has 3 N–H and O–H groups in total. The monoisotopic (exact) mass is 187 g/mol. The molecule has 0 amide bonds. The molecule has 0 bridgehead atoms. The minimum absolute atomic E-state index is 0.0717. The predicted molar refractivity (Wildman–Crippen MR) is 53.5 cm³/mol. The van der Waals surface area contributed by atoms with E-state index in [0.29, 0.717) is 5.92 Å². The SMILES string of the molecule is CCC(CC)C[C@H](C)[C@H](N)C(=O)O. The molecule has 0 saturated carbocycles. The minimum atomic E-state index is -0.890. The first kappa shape index (κ1) is 12.4. The summed E-state index contributed by atoms with van der Waals surface area (Å²) >= 11 is 0. The fourth-order valence-corrected chi connectivity index (χ4v) is 1.54. The molecule has 2 atom stereocenters. The average molecular weight is 187 g/mol. The molecule has 0 rings (SSSR count). The second-order valence-corrected chi connectivity index (χ2v) is 3.76. The lowest BCUT2D eigenvalue weighted by molar-refractivity contribution is -0.139. The van der Waals surface area contributed by atoms with E-state index in [-0.39, 0.29) is 5.92 Å². The fraction of sp³-hybridized carbons (Fsp3) is 0.900. The Kier molecular flexibility index (Phi) is 5.71. The zero-order valence-electron chi connectivity index (χ0n) is 8.79. The van der Waals surface area contributed by atoms with Gasteiger partial charge in [-0.3, -0.25) is 4.79 Å². The van der Waals surface area contributed by atoms with Crippen molar-refractivity contribution in [1.82, 2.24) is 0 Å². The van der Waals surface area contributed by atoms with Crippen LogP contribution in [0.2, 0.25) is 0 Å². The minimum Gasteiger partial charge on any atom is -0.480 e. The normalized spacial score (nSPS) is 15.8. The molecule has 0 fully saturated rings. The van der Waals surface area contributed by atoms with E-state index in [1.54, 1.807) is 0 Å². The summed E-state index contributed by atoms with van der Waals surface area (Å²) in [5.74, 6) is -0.207. The van der Waals surface area contributed by atoms with E-state index >= 15 is 0 Å². The lowest BCUT2D eigenvalue weighted by Gasteiger charge is -2.20. The van der Waals surface area contributed by atoms with Gasteiger partial charge in [0.2, 0.25) is 0 Å². The first-order chi connectivity index (χ1) is 6.02. The lowest BCUT2D eigenvalue weighted by Crippen LogP contribution is -2.37. The van der Waals surface area contributed by atoms with Crippen LogP contribution in [-0.4, -0.2) is 17.1 Å². The summed E-state index contributed by atoms with van der Waals surface area (Å²) in [6.07, 6.45) is 3.13. The molecule has 0 spiro atoms. The van der Waals surface area contributed by atoms with Gasteiger partial charge in [0.25, 0.3) is 0 Å². The maximum absolute atomic E-state index is 10.6. The van der Waals surface area contributed by atoms with E-state index in [1.165, 1.54) is 0 Å². The van der Waals surface area contributed by atoms with Gasteiger partial charge < -0.3 is 10.8 Å². The Morgan fingerprint density at radius 2 is 1.85 bits per heavy atom. The maximum Gasteiger partial charge on any atom is 0.320 e. The van der Waals surface area contributed by atoms with Crippen molar-refractivity contribution in [2.45, 2.75) is 46.1 Å². The van der Waals surface area contributed by atoms with Gasteiger partial charge in [-0.25, -0.2) is 0 Å². The summed E-state index contributed by atoms with van der Waals surface area (Å²) in [5, 5.41) is 8.69. The lowest BCUT2D eigenvalue weighted by atomic mass is 9.88. The van der Waals surface area contributed by atoms with Gasteiger partial charge in [-0.1, -0.05) is 33.6 Å². The van der Waals surface area contributed by atoms with Crippen LogP contribution < -0.4 is 5.73 Å². The molecular weight excluding hydrogens is 166 g/mol. The topological polar surface area (TPSA) is 63.3 Å². The molecule has 0 aromatic heterocycles. The zero-order valence-corrected chi connectivity index (χ0v) is 8.79. The van der Waals surface area contributed by atoms with Crippen LogP contribution in [0.5, 0.6) is 0 Å². The number of aliphatic carboxylic acids is 1. The number of nitrogens with two attached hydrogens (primary N) is 1. The molecule has 0 heterocycles. The third-order valence-electron chi connectivity index (χ3n) is 2.76. The molecule has 0 aromatic carbocycles. The number of rotatable bonds is 6. The Balaban J connectivity index is 3.97. The highest BCUT2D eigenvalue weighted by atomic mass is 16.4. The maximum atomic E-state index is 10.6. The summed E-state index contributed by atoms with van der Waals surface area (Å²) in [6.45, 7) is 6.18. The number of carbonyl (C=O) groups is 1. The number of hydrogen-bond donors (Lipinski definition) is 2. The van der Waals surface area contributed by atoms with Gasteiger partial charge in [0.1, 0.15) is 6.04 Å². The van der Waals surface area contributed by atoms with Crippen LogP contribution >= 0.6 is 0 Å². The molecule has 0 aliphatic rings. The number of hydrogen-bond acceptors (Lipinski definition) is 2. The van der Waals surface area contributed by atoms with Gasteiger partial charge in [0.15, 0.2) is 0 Å². The van der Waals surface area contributed by atoms with Crippen molar-refractivity contribution in [1.29, 1.82) is 0 Å². The van der Waals surface area contributed by atoms with Crippen LogP contribution in [0.4, 0.5) is 0 Å². The molecule has 0 aromatic rings. The van der Waals surface area contributed by atoms with E-state index < -0.39 is 12.0 Å². The van der Waals surface area contributed by atoms with Crippen LogP contribution in [0.3, 0.4) is 0 Å². The summed E-state index contributed by atoms with van der Waals surface area (Å²) in [4.78, 5) is 10.6. The molecule has 0 unspecified atom stereocenters. The molecule has 0 aliphatic heterocycles. The Bertz CT molecular complexity index is 155. The van der Waals surface area contributed by atoms with Crippen molar-refractivity contribution < 1.29 is 9.90 Å². The van der Waals surface area contributed by atoms with Crippen LogP contribution in [0.1, 0.15) is 40.0 Å². The Hall–Kier alpha value is -0.570. The highest BCUT2D eigenvalue weighted by Crippen LogP contribution is 2.20. The van der Waals surface area contributed by atoms with Gasteiger partial charge >= 0.3 is 5.97 Å². The summed E-state index contributed by atoms with van der Waals surface area (Å²) in [7, 11) is 0. The van der Waals surface area contributed by atoms with Gasteiger partial charge in [-0.15, -0.1) is 0 Å². The third-order valence-corrected chi connectivity index (χ3v) is 2.76. The predicted octanol–water partition coefficient (Wildman–Crippen LogP) is 1.86. The second-order valence-electron chi connectivity index (χ2n) is 3.76. The molecule has 78 valence electrons. The molecule has 3 nitrogen and oxygen atoms in total. The van der Waals surface area contributed by atoms with Gasteiger partial charge in [0.05, 0.1) is 0 Å². The van der Waals surface area contributed by atoms with Crippen LogP contribution in [0.25, 0.3) is 0 Å². The highest BCUT2D eigenvalue weighted by molar-refractivity contribution is 5.73. The van der Waals surface area contributed by atoms with Gasteiger partial charge in [0, 0.05) is 0 Å². The molecule has 0 aliphatic carbocycles. The Morgan fingerprint density at radius 1 is 1.38 bits per heavy atom. The molecule has 0 radical (unpaired) electrons. The summed E-state index contributed by atoms with van der Waals surface area (Å²) in [5.41, 5.74) is 5.52. The fourth-order valence-electron chi connectivity index (χ4n) is 1.54. The molecular formula is C10H21NO2. The van der Waals surface area contributed by atoms with E-state index in [1.807, 2.05) is 6.92 Å². The quantitative estimate of drug-likeness (QED) is 0.667. The Labute approximate surface area is 80.3 Å². The standard InChI is InChI=1S/C10H21NO2/c1-4-8(5-2)6-7(3)9(11)10(12)13/h7-9H,4-6,11H2,1-3H3,(H,12,13)/t7-,9-/m0/s1. The van der Waals surface area contributed by atoms with Crippen LogP contribution in [-0.2, 0) is 4.79 Å². The van der Waals surface area contributed by atoms with Gasteiger partial charge in [-0.2, -0.15) is 0 Å². The zero-order chi connectivity index (χ0) is 10.4. The molecule has 0 saturated heterocycles. The molecule has 13 heavy (non-hydrogen) atoms. The van der Waals surface area contributed by atoms with E-state index in [4.69, 9.17) is 10.8 Å². The first-order valence-electron chi connectivity index (χ1n) is 5.01. The van der Waals surface area contributed by atoms with Gasteiger partial charge in [-0.05, 0) is 18.3 Å². The summed E-state index contributed by atoms with van der Waals surface area (Å²) < 4.78 is 0.